The number of aryl methyl sites for hydroxylation is 2. The Morgan fingerprint density at radius 1 is 1.33 bits per heavy atom. The molecule has 0 bridgehead atoms. The van der Waals surface area contributed by atoms with E-state index in [1.807, 2.05) is 25.6 Å². The summed E-state index contributed by atoms with van der Waals surface area (Å²) in [6, 6.07) is 0. The zero-order chi connectivity index (χ0) is 11.4. The quantitative estimate of drug-likeness (QED) is 0.706. The smallest absolute Gasteiger partial charge is 0.0641 e. The lowest BCUT2D eigenvalue weighted by Crippen LogP contribution is -2.30. The van der Waals surface area contributed by atoms with E-state index in [2.05, 4.69) is 23.8 Å². The van der Waals surface area contributed by atoms with E-state index < -0.39 is 0 Å². The van der Waals surface area contributed by atoms with Crippen molar-refractivity contribution in [3.63, 3.8) is 0 Å². The fraction of sp³-hybridized carbons (Fsp3) is 0.750. The van der Waals surface area contributed by atoms with Crippen molar-refractivity contribution in [2.24, 2.45) is 7.05 Å². The molecule has 1 aliphatic rings. The number of nitrogens with zero attached hydrogens (tertiary/aromatic N) is 3. The van der Waals surface area contributed by atoms with Gasteiger partial charge in [-0.25, -0.2) is 0 Å². The van der Waals surface area contributed by atoms with Gasteiger partial charge in [-0.2, -0.15) is 5.10 Å². The van der Waals surface area contributed by atoms with Crippen molar-refractivity contribution in [1.82, 2.24) is 14.7 Å². The Morgan fingerprint density at radius 3 is 2.60 bits per heavy atom. The van der Waals surface area contributed by atoms with Crippen LogP contribution in [0, 0.1) is 6.92 Å². The summed E-state index contributed by atoms with van der Waals surface area (Å²) in [5.41, 5.74) is 4.09. The lowest BCUT2D eigenvalue weighted by Gasteiger charge is -2.25. The van der Waals surface area contributed by atoms with E-state index in [9.17, 15) is 0 Å². The van der Waals surface area contributed by atoms with Crippen LogP contribution in [0.1, 0.15) is 37.7 Å². The van der Waals surface area contributed by atoms with Gasteiger partial charge in [-0.05, 0) is 13.5 Å². The molecule has 3 nitrogen and oxygen atoms in total. The number of fused-ring (bicyclic) bond motifs is 1. The third-order valence-electron chi connectivity index (χ3n) is 2.97. The number of hydrogen-bond donors (Lipinski definition) is 0. The molecule has 0 fully saturated rings. The number of rotatable bonds is 1. The molecule has 0 aliphatic carbocycles. The highest BCUT2D eigenvalue weighted by atomic mass is 15.3. The average Bonchev–Trinajstić information content (AvgIpc) is 2.57. The van der Waals surface area contributed by atoms with Crippen LogP contribution in [0.15, 0.2) is 0 Å². The second-order valence-electron chi connectivity index (χ2n) is 3.75. The summed E-state index contributed by atoms with van der Waals surface area (Å²) in [5.74, 6) is 0. The van der Waals surface area contributed by atoms with Gasteiger partial charge >= 0.3 is 0 Å². The summed E-state index contributed by atoms with van der Waals surface area (Å²) in [6.45, 7) is 11.7. The van der Waals surface area contributed by atoms with Crippen LogP contribution in [-0.4, -0.2) is 27.8 Å². The second kappa shape index (κ2) is 5.31. The van der Waals surface area contributed by atoms with Gasteiger partial charge in [0.2, 0.25) is 0 Å². The molecular weight excluding hydrogens is 186 g/mol. The molecule has 2 rings (SSSR count). The molecule has 15 heavy (non-hydrogen) atoms. The van der Waals surface area contributed by atoms with Crippen LogP contribution in [0.5, 0.6) is 0 Å². The van der Waals surface area contributed by atoms with Crippen LogP contribution in [-0.2, 0) is 20.0 Å². The molecule has 0 spiro atoms. The highest BCUT2D eigenvalue weighted by Gasteiger charge is 2.20. The first-order chi connectivity index (χ1) is 7.22. The molecule has 0 saturated carbocycles. The van der Waals surface area contributed by atoms with E-state index in [4.69, 9.17) is 0 Å². The van der Waals surface area contributed by atoms with Crippen molar-refractivity contribution in [1.29, 1.82) is 0 Å². The molecule has 0 saturated heterocycles. The predicted molar refractivity (Wildman–Crippen MR) is 63.9 cm³/mol. The van der Waals surface area contributed by atoms with Crippen molar-refractivity contribution in [3.8, 4) is 0 Å². The van der Waals surface area contributed by atoms with E-state index in [0.717, 1.165) is 19.5 Å². The van der Waals surface area contributed by atoms with Crippen molar-refractivity contribution < 1.29 is 0 Å². The molecule has 0 radical (unpaired) electrons. The minimum Gasteiger partial charge on any atom is -0.299 e. The Morgan fingerprint density at radius 2 is 2.00 bits per heavy atom. The van der Waals surface area contributed by atoms with Gasteiger partial charge in [-0.1, -0.05) is 20.8 Å². The minimum atomic E-state index is 1.09. The van der Waals surface area contributed by atoms with Gasteiger partial charge in [-0.3, -0.25) is 9.58 Å². The third kappa shape index (κ3) is 2.40. The van der Waals surface area contributed by atoms with Gasteiger partial charge in [0.15, 0.2) is 0 Å². The summed E-state index contributed by atoms with van der Waals surface area (Å²) in [6.07, 6.45) is 1.15. The molecule has 1 aromatic rings. The molecule has 2 heterocycles. The lowest BCUT2D eigenvalue weighted by molar-refractivity contribution is 0.264. The third-order valence-corrected chi connectivity index (χ3v) is 2.97. The molecule has 1 aliphatic heterocycles. The van der Waals surface area contributed by atoms with Gasteiger partial charge in [0.25, 0.3) is 0 Å². The lowest BCUT2D eigenvalue weighted by atomic mass is 10.1. The van der Waals surface area contributed by atoms with Crippen molar-refractivity contribution in [3.05, 3.63) is 17.0 Å². The summed E-state index contributed by atoms with van der Waals surface area (Å²) in [4.78, 5) is 2.47. The molecule has 1 aromatic heterocycles. The van der Waals surface area contributed by atoms with Crippen LogP contribution in [0.4, 0.5) is 0 Å². The summed E-state index contributed by atoms with van der Waals surface area (Å²) in [7, 11) is 2.05. The van der Waals surface area contributed by atoms with Crippen LogP contribution < -0.4 is 0 Å². The zero-order valence-electron chi connectivity index (χ0n) is 10.7. The maximum absolute atomic E-state index is 4.45. The first kappa shape index (κ1) is 12.2. The second-order valence-corrected chi connectivity index (χ2v) is 3.75. The van der Waals surface area contributed by atoms with E-state index in [0.29, 0.717) is 0 Å². The summed E-state index contributed by atoms with van der Waals surface area (Å²) >= 11 is 0. The monoisotopic (exact) mass is 209 g/mol. The van der Waals surface area contributed by atoms with Gasteiger partial charge in [0.05, 0.1) is 5.69 Å². The van der Waals surface area contributed by atoms with Gasteiger partial charge < -0.3 is 0 Å². The zero-order valence-corrected chi connectivity index (χ0v) is 10.7. The van der Waals surface area contributed by atoms with E-state index in [-0.39, 0.29) is 0 Å². The number of likely N-dealkylation sites (N-methyl/N-ethyl adjacent to an activating group) is 1. The first-order valence-electron chi connectivity index (χ1n) is 5.96. The fourth-order valence-corrected chi connectivity index (χ4v) is 2.10. The Kier molecular flexibility index (Phi) is 4.33. The Labute approximate surface area is 93.1 Å². The molecule has 0 aromatic carbocycles. The van der Waals surface area contributed by atoms with Gasteiger partial charge in [0, 0.05) is 37.8 Å². The standard InChI is InChI=1S/C10H17N3.C2H6/c1-4-13-6-5-10-9(7-13)8(2)11-12(10)3;1-2/h4-7H2,1-3H3;1-2H3. The highest BCUT2D eigenvalue weighted by Crippen LogP contribution is 2.20. The molecule has 0 unspecified atom stereocenters. The van der Waals surface area contributed by atoms with Crippen molar-refractivity contribution in [2.45, 2.75) is 40.7 Å². The van der Waals surface area contributed by atoms with Gasteiger partial charge in [-0.15, -0.1) is 0 Å². The molecule has 3 heteroatoms. The Balaban J connectivity index is 0.000000531. The molecule has 0 N–H and O–H groups in total. The van der Waals surface area contributed by atoms with Crippen LogP contribution in [0.3, 0.4) is 0 Å². The van der Waals surface area contributed by atoms with E-state index in [1.54, 1.807) is 0 Å². The van der Waals surface area contributed by atoms with Crippen LogP contribution in [0.2, 0.25) is 0 Å². The minimum absolute atomic E-state index is 1.09. The van der Waals surface area contributed by atoms with Crippen molar-refractivity contribution in [2.75, 3.05) is 13.1 Å². The molecule has 86 valence electrons. The Hall–Kier alpha value is -0.830. The highest BCUT2D eigenvalue weighted by molar-refractivity contribution is 5.27. The molecular formula is C12H23N3. The number of hydrogen-bond acceptors (Lipinski definition) is 2. The first-order valence-corrected chi connectivity index (χ1v) is 5.96. The van der Waals surface area contributed by atoms with E-state index >= 15 is 0 Å². The van der Waals surface area contributed by atoms with Crippen LogP contribution in [0.25, 0.3) is 0 Å². The number of aromatic nitrogens is 2. The van der Waals surface area contributed by atoms with Crippen molar-refractivity contribution >= 4 is 0 Å². The summed E-state index contributed by atoms with van der Waals surface area (Å²) in [5, 5.41) is 4.45. The molecule has 0 atom stereocenters. The van der Waals surface area contributed by atoms with Gasteiger partial charge in [0.1, 0.15) is 0 Å². The summed E-state index contributed by atoms with van der Waals surface area (Å²) < 4.78 is 2.04. The predicted octanol–water partition coefficient (Wildman–Crippen LogP) is 2.13. The van der Waals surface area contributed by atoms with E-state index in [1.165, 1.54) is 23.5 Å². The Bertz CT molecular complexity index is 315. The maximum Gasteiger partial charge on any atom is 0.0641 e. The topological polar surface area (TPSA) is 21.1 Å². The normalized spacial score (nSPS) is 15.5. The van der Waals surface area contributed by atoms with Crippen LogP contribution >= 0.6 is 0 Å². The SMILES string of the molecule is CC.CCN1CCc2c(c(C)nn2C)C1. The average molecular weight is 209 g/mol. The molecule has 0 amide bonds. The fourth-order valence-electron chi connectivity index (χ4n) is 2.10. The maximum atomic E-state index is 4.45. The largest absolute Gasteiger partial charge is 0.299 e.